The van der Waals surface area contributed by atoms with Crippen LogP contribution in [0.25, 0.3) is 0 Å². The van der Waals surface area contributed by atoms with E-state index in [9.17, 15) is 0 Å². The maximum atomic E-state index is 6.20. The van der Waals surface area contributed by atoms with E-state index in [4.69, 9.17) is 9.47 Å². The predicted molar refractivity (Wildman–Crippen MR) is 102 cm³/mol. The lowest BCUT2D eigenvalue weighted by Gasteiger charge is -2.33. The van der Waals surface area contributed by atoms with E-state index in [2.05, 4.69) is 27.7 Å². The summed E-state index contributed by atoms with van der Waals surface area (Å²) in [5.41, 5.74) is 0. The van der Waals surface area contributed by atoms with E-state index >= 15 is 0 Å². The van der Waals surface area contributed by atoms with Gasteiger partial charge in [0, 0.05) is 6.42 Å². The molecule has 2 nitrogen and oxygen atoms in total. The van der Waals surface area contributed by atoms with Gasteiger partial charge in [0.05, 0.1) is 13.2 Å². The molecule has 0 N–H and O–H groups in total. The molecule has 23 heavy (non-hydrogen) atoms. The van der Waals surface area contributed by atoms with Crippen LogP contribution in [0.5, 0.6) is 0 Å². The van der Waals surface area contributed by atoms with Crippen LogP contribution in [-0.4, -0.2) is 19.0 Å². The van der Waals surface area contributed by atoms with Crippen molar-refractivity contribution in [3.63, 3.8) is 0 Å². The molecule has 0 aromatic rings. The predicted octanol–water partition coefficient (Wildman–Crippen LogP) is 7.26. The van der Waals surface area contributed by atoms with Crippen molar-refractivity contribution in [2.75, 3.05) is 13.2 Å². The average Bonchev–Trinajstić information content (AvgIpc) is 2.57. The van der Waals surface area contributed by atoms with Crippen LogP contribution in [0.1, 0.15) is 118 Å². The van der Waals surface area contributed by atoms with Gasteiger partial charge in [0.1, 0.15) is 0 Å². The Kier molecular flexibility index (Phi) is 16.7. The molecule has 2 heteroatoms. The van der Waals surface area contributed by atoms with Crippen molar-refractivity contribution in [3.05, 3.63) is 0 Å². The quantitative estimate of drug-likeness (QED) is 0.195. The molecule has 0 fully saturated rings. The molecule has 0 aliphatic rings. The molecule has 0 saturated heterocycles. The first-order valence-electron chi connectivity index (χ1n) is 10.5. The van der Waals surface area contributed by atoms with Crippen LogP contribution in [0.4, 0.5) is 0 Å². The maximum absolute atomic E-state index is 6.20. The summed E-state index contributed by atoms with van der Waals surface area (Å²) < 4.78 is 12.4. The molecule has 140 valence electrons. The van der Waals surface area contributed by atoms with E-state index in [1.165, 1.54) is 64.2 Å². The summed E-state index contributed by atoms with van der Waals surface area (Å²) in [4.78, 5) is 0. The van der Waals surface area contributed by atoms with Crippen molar-refractivity contribution in [1.82, 2.24) is 0 Å². The Bertz CT molecular complexity index is 218. The third-order valence-corrected chi connectivity index (χ3v) is 4.68. The van der Waals surface area contributed by atoms with Crippen molar-refractivity contribution in [1.29, 1.82) is 0 Å². The molecule has 0 rings (SSSR count). The Morgan fingerprint density at radius 3 is 1.39 bits per heavy atom. The lowest BCUT2D eigenvalue weighted by Crippen LogP contribution is -2.36. The van der Waals surface area contributed by atoms with Crippen LogP contribution in [0, 0.1) is 0 Å². The summed E-state index contributed by atoms with van der Waals surface area (Å²) in [6.07, 6.45) is 17.6. The summed E-state index contributed by atoms with van der Waals surface area (Å²) in [6, 6.07) is 0. The van der Waals surface area contributed by atoms with Gasteiger partial charge in [0.15, 0.2) is 5.79 Å². The zero-order chi connectivity index (χ0) is 17.2. The molecule has 0 spiro atoms. The minimum atomic E-state index is -0.313. The number of hydrogen-bond donors (Lipinski definition) is 0. The average molecular weight is 329 g/mol. The Morgan fingerprint density at radius 1 is 0.522 bits per heavy atom. The van der Waals surface area contributed by atoms with Gasteiger partial charge in [-0.1, -0.05) is 85.5 Å². The molecule has 0 aromatic carbocycles. The molecule has 0 radical (unpaired) electrons. The lowest BCUT2D eigenvalue weighted by molar-refractivity contribution is -0.244. The molecule has 0 unspecified atom stereocenters. The van der Waals surface area contributed by atoms with Crippen LogP contribution >= 0.6 is 0 Å². The van der Waals surface area contributed by atoms with Gasteiger partial charge < -0.3 is 9.47 Å². The third-order valence-electron chi connectivity index (χ3n) is 4.68. The number of rotatable bonds is 18. The van der Waals surface area contributed by atoms with E-state index in [0.717, 1.165) is 38.9 Å². The molecule has 0 aliphatic heterocycles. The second-order valence-electron chi connectivity index (χ2n) is 6.89. The smallest absolute Gasteiger partial charge is 0.168 e. The van der Waals surface area contributed by atoms with E-state index < -0.39 is 0 Å². The van der Waals surface area contributed by atoms with Crippen LogP contribution in [0.15, 0.2) is 0 Å². The van der Waals surface area contributed by atoms with Gasteiger partial charge in [-0.25, -0.2) is 0 Å². The monoisotopic (exact) mass is 328 g/mol. The van der Waals surface area contributed by atoms with Crippen molar-refractivity contribution in [3.8, 4) is 0 Å². The van der Waals surface area contributed by atoms with Gasteiger partial charge in [-0.15, -0.1) is 0 Å². The zero-order valence-electron chi connectivity index (χ0n) is 16.6. The summed E-state index contributed by atoms with van der Waals surface area (Å²) in [7, 11) is 0. The van der Waals surface area contributed by atoms with Crippen molar-refractivity contribution >= 4 is 0 Å². The largest absolute Gasteiger partial charge is 0.350 e. The fourth-order valence-electron chi connectivity index (χ4n) is 2.90. The molecule has 0 saturated carbocycles. The van der Waals surface area contributed by atoms with Crippen molar-refractivity contribution in [2.24, 2.45) is 0 Å². The van der Waals surface area contributed by atoms with Crippen molar-refractivity contribution < 1.29 is 9.47 Å². The summed E-state index contributed by atoms with van der Waals surface area (Å²) in [5, 5.41) is 0. The maximum Gasteiger partial charge on any atom is 0.168 e. The highest BCUT2D eigenvalue weighted by atomic mass is 16.7. The van der Waals surface area contributed by atoms with E-state index in [0.29, 0.717) is 0 Å². The Balaban J connectivity index is 4.02. The van der Waals surface area contributed by atoms with Crippen LogP contribution in [-0.2, 0) is 9.47 Å². The number of unbranched alkanes of at least 4 members (excludes halogenated alkanes) is 9. The van der Waals surface area contributed by atoms with Crippen LogP contribution < -0.4 is 0 Å². The molecule has 0 bridgehead atoms. The third kappa shape index (κ3) is 12.9. The summed E-state index contributed by atoms with van der Waals surface area (Å²) >= 11 is 0. The van der Waals surface area contributed by atoms with Gasteiger partial charge in [-0.2, -0.15) is 0 Å². The SMILES string of the molecule is CCCCCCCCCCC(CC)(OCCCC)OCCCC. The number of ether oxygens (including phenoxy) is 2. The second kappa shape index (κ2) is 16.8. The topological polar surface area (TPSA) is 18.5 Å². The lowest BCUT2D eigenvalue weighted by atomic mass is 10.0. The first kappa shape index (κ1) is 22.9. The minimum absolute atomic E-state index is 0.313. The summed E-state index contributed by atoms with van der Waals surface area (Å²) in [5.74, 6) is -0.313. The first-order valence-corrected chi connectivity index (χ1v) is 10.5. The van der Waals surface area contributed by atoms with E-state index in [1.807, 2.05) is 0 Å². The molecule has 0 atom stereocenters. The van der Waals surface area contributed by atoms with Crippen LogP contribution in [0.2, 0.25) is 0 Å². The Hall–Kier alpha value is -0.0800. The Morgan fingerprint density at radius 2 is 0.957 bits per heavy atom. The molecular formula is C21H44O2. The van der Waals surface area contributed by atoms with Gasteiger partial charge >= 0.3 is 0 Å². The van der Waals surface area contributed by atoms with E-state index in [1.54, 1.807) is 0 Å². The van der Waals surface area contributed by atoms with Gasteiger partial charge in [-0.3, -0.25) is 0 Å². The number of hydrogen-bond acceptors (Lipinski definition) is 2. The van der Waals surface area contributed by atoms with Crippen LogP contribution in [0.3, 0.4) is 0 Å². The molecule has 0 aromatic heterocycles. The van der Waals surface area contributed by atoms with Gasteiger partial charge in [0.2, 0.25) is 0 Å². The highest BCUT2D eigenvalue weighted by molar-refractivity contribution is 4.69. The second-order valence-corrected chi connectivity index (χ2v) is 6.89. The molecule has 0 amide bonds. The normalized spacial score (nSPS) is 12.0. The highest BCUT2D eigenvalue weighted by Gasteiger charge is 2.29. The van der Waals surface area contributed by atoms with E-state index in [-0.39, 0.29) is 5.79 Å². The first-order chi connectivity index (χ1) is 11.2. The minimum Gasteiger partial charge on any atom is -0.350 e. The molecule has 0 aliphatic carbocycles. The Labute approximate surface area is 146 Å². The highest BCUT2D eigenvalue weighted by Crippen LogP contribution is 2.27. The standard InChI is InChI=1S/C21H44O2/c1-5-9-12-13-14-15-16-17-18-21(8-4,22-19-10-6-2)23-20-11-7-3/h5-20H2,1-4H3. The molecule has 0 heterocycles. The fourth-order valence-corrected chi connectivity index (χ4v) is 2.90. The summed E-state index contributed by atoms with van der Waals surface area (Å²) in [6.45, 7) is 10.6. The fraction of sp³-hybridized carbons (Fsp3) is 1.00. The molecular weight excluding hydrogens is 284 g/mol. The van der Waals surface area contributed by atoms with Gasteiger partial charge in [0.25, 0.3) is 0 Å². The van der Waals surface area contributed by atoms with Crippen molar-refractivity contribution in [2.45, 2.75) is 123 Å². The zero-order valence-corrected chi connectivity index (χ0v) is 16.6. The van der Waals surface area contributed by atoms with Gasteiger partial charge in [-0.05, 0) is 25.7 Å².